The Morgan fingerprint density at radius 2 is 1.55 bits per heavy atom. The van der Waals surface area contributed by atoms with Crippen LogP contribution in [-0.4, -0.2) is 87.0 Å². The molecule has 42 heavy (non-hydrogen) atoms. The van der Waals surface area contributed by atoms with Gasteiger partial charge in [0.05, 0.1) is 38.1 Å². The van der Waals surface area contributed by atoms with Crippen LogP contribution in [0.3, 0.4) is 0 Å². The maximum atomic E-state index is 11.8. The third-order valence-electron chi connectivity index (χ3n) is 6.83. The van der Waals surface area contributed by atoms with E-state index < -0.39 is 32.8 Å². The fourth-order valence-corrected chi connectivity index (χ4v) is 6.82. The van der Waals surface area contributed by atoms with Crippen LogP contribution in [0.1, 0.15) is 31.7 Å². The Hall–Kier alpha value is -2.70. The van der Waals surface area contributed by atoms with Crippen LogP contribution < -0.4 is 11.5 Å². The molecule has 4 aromatic heterocycles. The molecule has 2 saturated heterocycles. The van der Waals surface area contributed by atoms with E-state index in [9.17, 15) is 14.4 Å². The molecular formula is C21H28N10O8P2S. The quantitative estimate of drug-likeness (QED) is 0.178. The van der Waals surface area contributed by atoms with Gasteiger partial charge in [0.15, 0.2) is 22.9 Å². The molecule has 2 aliphatic rings. The second-order valence-corrected chi connectivity index (χ2v) is 14.5. The monoisotopic (exact) mass is 642 g/mol. The Bertz CT molecular complexity index is 1700. The minimum absolute atomic E-state index is 0.0324. The summed E-state index contributed by atoms with van der Waals surface area (Å²) in [5, 5.41) is 0. The van der Waals surface area contributed by atoms with Crippen LogP contribution in [0.15, 0.2) is 25.3 Å². The van der Waals surface area contributed by atoms with Crippen molar-refractivity contribution >= 4 is 60.1 Å². The van der Waals surface area contributed by atoms with Gasteiger partial charge in [-0.1, -0.05) is 0 Å². The summed E-state index contributed by atoms with van der Waals surface area (Å²) in [6.45, 7) is -3.10. The maximum Gasteiger partial charge on any atom is 0.325 e. The highest BCUT2D eigenvalue weighted by molar-refractivity contribution is 8.07. The van der Waals surface area contributed by atoms with Crippen LogP contribution in [0.5, 0.6) is 0 Å². The molecule has 0 radical (unpaired) electrons. The predicted molar refractivity (Wildman–Crippen MR) is 150 cm³/mol. The zero-order valence-electron chi connectivity index (χ0n) is 22.1. The van der Waals surface area contributed by atoms with E-state index in [-0.39, 0.29) is 43.6 Å². The molecule has 21 heteroatoms. The number of fused-ring (bicyclic) bond motifs is 2. The largest absolute Gasteiger partial charge is 0.382 e. The van der Waals surface area contributed by atoms with Gasteiger partial charge in [0, 0.05) is 13.1 Å². The van der Waals surface area contributed by atoms with E-state index in [1.807, 2.05) is 0 Å². The molecule has 4 aromatic rings. The van der Waals surface area contributed by atoms with Crippen molar-refractivity contribution in [1.29, 1.82) is 0 Å². The molecule has 6 N–H and O–H groups in total. The van der Waals surface area contributed by atoms with Crippen molar-refractivity contribution in [3.05, 3.63) is 25.3 Å². The van der Waals surface area contributed by atoms with Gasteiger partial charge in [-0.05, 0) is 24.6 Å². The van der Waals surface area contributed by atoms with Crippen LogP contribution >= 0.6 is 14.3 Å². The van der Waals surface area contributed by atoms with Crippen molar-refractivity contribution in [1.82, 2.24) is 39.0 Å². The van der Waals surface area contributed by atoms with E-state index in [4.69, 9.17) is 46.3 Å². The van der Waals surface area contributed by atoms with Crippen molar-refractivity contribution in [2.75, 3.05) is 31.3 Å². The Morgan fingerprint density at radius 3 is 2.17 bits per heavy atom. The summed E-state index contributed by atoms with van der Waals surface area (Å²) >= 11 is 5.31. The second-order valence-electron chi connectivity index (χ2n) is 9.83. The van der Waals surface area contributed by atoms with Gasteiger partial charge in [-0.2, -0.15) is 0 Å². The van der Waals surface area contributed by atoms with Gasteiger partial charge in [0.25, 0.3) is 0 Å². The summed E-state index contributed by atoms with van der Waals surface area (Å²) in [4.78, 5) is 45.5. The maximum absolute atomic E-state index is 11.8. The molecule has 18 nitrogen and oxygen atoms in total. The summed E-state index contributed by atoms with van der Waals surface area (Å²) < 4.78 is 44.0. The number of hydrogen-bond acceptors (Lipinski definition) is 15. The number of hydrogen-bond donors (Lipinski definition) is 4. The highest BCUT2D eigenvalue weighted by Crippen LogP contribution is 2.50. The number of imidazole rings is 2. The topological polar surface area (TPSA) is 243 Å². The number of nitrogens with two attached hydrogens (primary N) is 2. The molecule has 226 valence electrons. The minimum atomic E-state index is -3.83. The van der Waals surface area contributed by atoms with E-state index in [1.165, 1.54) is 19.0 Å². The van der Waals surface area contributed by atoms with E-state index >= 15 is 0 Å². The number of anilines is 2. The molecule has 2 aliphatic heterocycles. The lowest BCUT2D eigenvalue weighted by Gasteiger charge is -2.24. The molecule has 6 heterocycles. The summed E-state index contributed by atoms with van der Waals surface area (Å²) in [5.74, 6) is 0.474. The van der Waals surface area contributed by atoms with Gasteiger partial charge in [0.1, 0.15) is 42.2 Å². The van der Waals surface area contributed by atoms with Crippen molar-refractivity contribution in [3.63, 3.8) is 0 Å². The Balaban J connectivity index is 1.11. The van der Waals surface area contributed by atoms with Crippen LogP contribution in [0.4, 0.5) is 11.6 Å². The predicted octanol–water partition coefficient (Wildman–Crippen LogP) is 1.25. The first kappa shape index (κ1) is 29.4. The third kappa shape index (κ3) is 6.16. The lowest BCUT2D eigenvalue weighted by molar-refractivity contribution is -0.0413. The molecule has 0 bridgehead atoms. The molecule has 0 amide bonds. The lowest BCUT2D eigenvalue weighted by atomic mass is 10.2. The first-order chi connectivity index (χ1) is 20.0. The zero-order valence-corrected chi connectivity index (χ0v) is 24.7. The molecule has 2 unspecified atom stereocenters. The van der Waals surface area contributed by atoms with Gasteiger partial charge >= 0.3 is 14.3 Å². The standard InChI is InChI=1S/C21H28N10O8P2S/c1-40(32,33)35-6-13-12(4-15(38-13)31-10-29-17-19(23)25-8-27-21(17)31)39-41(34,42)36-5-11-2-3-14(37-11)30-9-28-16-18(22)24-7-26-20(16)30/h7-15H,2-6H2,1H3,(H,32,33)(H,34,42)(H2,22,24,26)(H2,23,25,27)/t11-,12-,13+,14+,15+,41?/m0/s1. The molecule has 0 aromatic carbocycles. The van der Waals surface area contributed by atoms with E-state index in [1.54, 1.807) is 15.5 Å². The Labute approximate surface area is 243 Å². The van der Waals surface area contributed by atoms with Crippen molar-refractivity contribution < 1.29 is 37.4 Å². The van der Waals surface area contributed by atoms with Crippen LogP contribution in [0.2, 0.25) is 0 Å². The Morgan fingerprint density at radius 1 is 0.929 bits per heavy atom. The molecule has 7 atom stereocenters. The van der Waals surface area contributed by atoms with Crippen LogP contribution in [-0.2, 0) is 39.4 Å². The zero-order chi connectivity index (χ0) is 29.6. The highest BCUT2D eigenvalue weighted by Gasteiger charge is 2.42. The van der Waals surface area contributed by atoms with Gasteiger partial charge in [-0.3, -0.25) is 13.7 Å². The van der Waals surface area contributed by atoms with Gasteiger partial charge < -0.3 is 44.3 Å². The van der Waals surface area contributed by atoms with Crippen molar-refractivity contribution in [2.45, 2.75) is 50.0 Å². The third-order valence-corrected chi connectivity index (χ3v) is 9.05. The second kappa shape index (κ2) is 11.4. The molecule has 0 aliphatic carbocycles. The van der Waals surface area contributed by atoms with Gasteiger partial charge in [-0.25, -0.2) is 29.9 Å². The first-order valence-electron chi connectivity index (χ1n) is 12.7. The summed E-state index contributed by atoms with van der Waals surface area (Å²) in [6, 6.07) is 0. The lowest BCUT2D eigenvalue weighted by Crippen LogP contribution is -2.28. The minimum Gasteiger partial charge on any atom is -0.382 e. The average Bonchev–Trinajstić information content (AvgIpc) is 3.71. The molecule has 6 rings (SSSR count). The average molecular weight is 643 g/mol. The SMILES string of the molecule is CP(=O)(O)OC[C@H]1O[C@@H](n2cnc3c(N)ncnc32)C[C@@H]1OP(O)(=S)OC[C@@H]1CC[C@H](n2cnc3c(N)ncnc32)O1. The Kier molecular flexibility index (Phi) is 7.99. The summed E-state index contributed by atoms with van der Waals surface area (Å²) in [5.41, 5.74) is 13.6. The van der Waals surface area contributed by atoms with E-state index in [0.29, 0.717) is 35.2 Å². The molecule has 0 spiro atoms. The highest BCUT2D eigenvalue weighted by atomic mass is 32.5. The van der Waals surface area contributed by atoms with Crippen molar-refractivity contribution in [2.24, 2.45) is 0 Å². The van der Waals surface area contributed by atoms with E-state index in [2.05, 4.69) is 29.9 Å². The van der Waals surface area contributed by atoms with Gasteiger partial charge in [-0.15, -0.1) is 0 Å². The summed E-state index contributed by atoms with van der Waals surface area (Å²) in [6.07, 6.45) is 4.00. The number of rotatable bonds is 10. The van der Waals surface area contributed by atoms with Gasteiger partial charge in [0.2, 0.25) is 0 Å². The fourth-order valence-electron chi connectivity index (χ4n) is 4.90. The van der Waals surface area contributed by atoms with E-state index in [0.717, 1.165) is 6.66 Å². The fraction of sp³-hybridized carbons (Fsp3) is 0.524. The number of ether oxygens (including phenoxy) is 2. The first-order valence-corrected chi connectivity index (χ1v) is 17.4. The summed E-state index contributed by atoms with van der Waals surface area (Å²) in [7, 11) is -3.83. The number of nitrogens with zero attached hydrogens (tertiary/aromatic N) is 8. The number of nitrogen functional groups attached to an aromatic ring is 2. The molecule has 2 fully saturated rings. The van der Waals surface area contributed by atoms with Crippen LogP contribution in [0, 0.1) is 0 Å². The molecule has 0 saturated carbocycles. The molecular weight excluding hydrogens is 614 g/mol. The number of aromatic nitrogens is 8. The van der Waals surface area contributed by atoms with Crippen LogP contribution in [0.25, 0.3) is 22.3 Å². The normalized spacial score (nSPS) is 27.5. The smallest absolute Gasteiger partial charge is 0.325 e. The van der Waals surface area contributed by atoms with Crippen molar-refractivity contribution in [3.8, 4) is 0 Å².